The fourth-order valence-corrected chi connectivity index (χ4v) is 5.76. The van der Waals surface area contributed by atoms with E-state index in [4.69, 9.17) is 23.2 Å². The summed E-state index contributed by atoms with van der Waals surface area (Å²) in [5.74, 6) is -0.932. The SMILES string of the molecule is Cc1ccccc1N(CC(=O)N(Cc1ccccc1Cl)[C@H](C)C(=O)NC(C)(C)C)S(=O)(=O)c1ccc(Cl)cc1. The minimum atomic E-state index is -4.18. The van der Waals surface area contributed by atoms with Crippen molar-refractivity contribution in [3.63, 3.8) is 0 Å². The van der Waals surface area contributed by atoms with Crippen LogP contribution in [0.2, 0.25) is 10.0 Å². The van der Waals surface area contributed by atoms with Crippen molar-refractivity contribution < 1.29 is 18.0 Å². The Morgan fingerprint density at radius 3 is 2.10 bits per heavy atom. The third-order valence-corrected chi connectivity index (χ3v) is 8.42. The molecule has 0 saturated carbocycles. The molecule has 3 aromatic carbocycles. The van der Waals surface area contributed by atoms with Crippen LogP contribution in [0.15, 0.2) is 77.7 Å². The molecule has 3 rings (SSSR count). The van der Waals surface area contributed by atoms with E-state index in [2.05, 4.69) is 5.32 Å². The third-order valence-electron chi connectivity index (χ3n) is 6.03. The lowest BCUT2D eigenvalue weighted by Gasteiger charge is -2.34. The van der Waals surface area contributed by atoms with Gasteiger partial charge in [-0.3, -0.25) is 13.9 Å². The number of nitrogens with one attached hydrogen (secondary N) is 1. The van der Waals surface area contributed by atoms with Crippen molar-refractivity contribution in [2.75, 3.05) is 10.8 Å². The maximum atomic E-state index is 14.0. The summed E-state index contributed by atoms with van der Waals surface area (Å²) in [4.78, 5) is 28.5. The number of hydrogen-bond donors (Lipinski definition) is 1. The number of carbonyl (C=O) groups excluding carboxylic acids is 2. The first kappa shape index (κ1) is 30.5. The van der Waals surface area contributed by atoms with Crippen LogP contribution in [0.5, 0.6) is 0 Å². The molecule has 1 atom stereocenters. The number of sulfonamides is 1. The molecule has 0 bridgehead atoms. The number of amides is 2. The highest BCUT2D eigenvalue weighted by Crippen LogP contribution is 2.28. The van der Waals surface area contributed by atoms with Crippen LogP contribution in [0.4, 0.5) is 5.69 Å². The quantitative estimate of drug-likeness (QED) is 0.340. The average Bonchev–Trinajstić information content (AvgIpc) is 2.86. The molecule has 0 aliphatic carbocycles. The van der Waals surface area contributed by atoms with E-state index >= 15 is 0 Å². The Kier molecular flexibility index (Phi) is 9.69. The Morgan fingerprint density at radius 2 is 1.51 bits per heavy atom. The van der Waals surface area contributed by atoms with Crippen LogP contribution in [0.3, 0.4) is 0 Å². The largest absolute Gasteiger partial charge is 0.350 e. The first-order chi connectivity index (χ1) is 18.2. The van der Waals surface area contributed by atoms with Gasteiger partial charge in [0.25, 0.3) is 10.0 Å². The van der Waals surface area contributed by atoms with Gasteiger partial charge in [0, 0.05) is 22.1 Å². The van der Waals surface area contributed by atoms with Crippen LogP contribution >= 0.6 is 23.2 Å². The Hall–Kier alpha value is -3.07. The van der Waals surface area contributed by atoms with Gasteiger partial charge < -0.3 is 10.2 Å². The number of nitrogens with zero attached hydrogens (tertiary/aromatic N) is 2. The summed E-state index contributed by atoms with van der Waals surface area (Å²) in [5, 5.41) is 3.72. The highest BCUT2D eigenvalue weighted by molar-refractivity contribution is 7.92. The number of hydrogen-bond acceptors (Lipinski definition) is 4. The standard InChI is InChI=1S/C29H33Cl2N3O4S/c1-20-10-6-9-13-26(20)34(39(37,38)24-16-14-23(30)15-17-24)19-27(35)33(18-22-11-7-8-12-25(22)31)21(2)28(36)32-29(3,4)5/h6-17,21H,18-19H2,1-5H3,(H,32,36)/t21-/m1/s1. The lowest BCUT2D eigenvalue weighted by molar-refractivity contribution is -0.140. The topological polar surface area (TPSA) is 86.8 Å². The molecule has 0 heterocycles. The van der Waals surface area contributed by atoms with Crippen LogP contribution in [-0.2, 0) is 26.2 Å². The molecule has 0 fully saturated rings. The molecule has 0 aromatic heterocycles. The molecule has 10 heteroatoms. The molecular weight excluding hydrogens is 557 g/mol. The van der Waals surface area contributed by atoms with Crippen LogP contribution in [0, 0.1) is 6.92 Å². The molecule has 0 saturated heterocycles. The molecule has 208 valence electrons. The second-order valence-electron chi connectivity index (χ2n) is 10.3. The van der Waals surface area contributed by atoms with Crippen LogP contribution in [0.25, 0.3) is 0 Å². The van der Waals surface area contributed by atoms with Gasteiger partial charge in [-0.25, -0.2) is 8.42 Å². The summed E-state index contributed by atoms with van der Waals surface area (Å²) in [6.45, 7) is 8.39. The molecule has 0 unspecified atom stereocenters. The first-order valence-electron chi connectivity index (χ1n) is 12.4. The van der Waals surface area contributed by atoms with E-state index in [1.165, 1.54) is 29.2 Å². The molecule has 0 aliphatic rings. The van der Waals surface area contributed by atoms with Gasteiger partial charge in [-0.1, -0.05) is 59.6 Å². The number of carbonyl (C=O) groups is 2. The number of rotatable bonds is 9. The molecule has 0 spiro atoms. The van der Waals surface area contributed by atoms with Crippen LogP contribution in [-0.4, -0.2) is 43.3 Å². The summed E-state index contributed by atoms with van der Waals surface area (Å²) in [5.41, 5.74) is 1.12. The van der Waals surface area contributed by atoms with Crippen molar-refractivity contribution in [2.24, 2.45) is 0 Å². The second kappa shape index (κ2) is 12.4. The van der Waals surface area contributed by atoms with E-state index in [1.54, 1.807) is 62.4 Å². The van der Waals surface area contributed by atoms with Crippen molar-refractivity contribution in [1.29, 1.82) is 0 Å². The maximum Gasteiger partial charge on any atom is 0.264 e. The predicted octanol–water partition coefficient (Wildman–Crippen LogP) is 5.83. The van der Waals surface area contributed by atoms with E-state index in [-0.39, 0.29) is 17.3 Å². The van der Waals surface area contributed by atoms with Gasteiger partial charge in [0.1, 0.15) is 12.6 Å². The lowest BCUT2D eigenvalue weighted by atomic mass is 10.1. The Morgan fingerprint density at radius 1 is 0.923 bits per heavy atom. The number of benzene rings is 3. The Labute approximate surface area is 240 Å². The summed E-state index contributed by atoms with van der Waals surface area (Å²) < 4.78 is 28.8. The van der Waals surface area contributed by atoms with Gasteiger partial charge >= 0.3 is 0 Å². The van der Waals surface area contributed by atoms with Gasteiger partial charge in [0.2, 0.25) is 11.8 Å². The fraction of sp³-hybridized carbons (Fsp3) is 0.310. The molecule has 0 radical (unpaired) electrons. The van der Waals surface area contributed by atoms with Crippen LogP contribution < -0.4 is 9.62 Å². The number of aryl methyl sites for hydroxylation is 1. The first-order valence-corrected chi connectivity index (χ1v) is 14.6. The van der Waals surface area contributed by atoms with Crippen molar-refractivity contribution in [2.45, 2.75) is 57.6 Å². The summed E-state index contributed by atoms with van der Waals surface area (Å²) in [6.07, 6.45) is 0. The minimum Gasteiger partial charge on any atom is -0.350 e. The zero-order valence-corrected chi connectivity index (χ0v) is 24.9. The minimum absolute atomic E-state index is 0.0137. The second-order valence-corrected chi connectivity index (χ2v) is 13.0. The third kappa shape index (κ3) is 7.75. The molecule has 39 heavy (non-hydrogen) atoms. The molecule has 0 aliphatic heterocycles. The number of halogens is 2. The van der Waals surface area contributed by atoms with Crippen molar-refractivity contribution in [3.8, 4) is 0 Å². The summed E-state index contributed by atoms with van der Waals surface area (Å²) >= 11 is 12.4. The van der Waals surface area contributed by atoms with E-state index in [9.17, 15) is 18.0 Å². The average molecular weight is 591 g/mol. The van der Waals surface area contributed by atoms with Crippen LogP contribution in [0.1, 0.15) is 38.8 Å². The van der Waals surface area contributed by atoms with Gasteiger partial charge in [-0.05, 0) is 82.1 Å². The zero-order valence-electron chi connectivity index (χ0n) is 22.6. The molecular formula is C29H33Cl2N3O4S. The normalized spacial score (nSPS) is 12.5. The van der Waals surface area contributed by atoms with Gasteiger partial charge in [-0.2, -0.15) is 0 Å². The molecule has 3 aromatic rings. The zero-order chi connectivity index (χ0) is 29.0. The Balaban J connectivity index is 2.06. The molecule has 7 nitrogen and oxygen atoms in total. The van der Waals surface area contributed by atoms with E-state index in [0.29, 0.717) is 26.9 Å². The molecule has 1 N–H and O–H groups in total. The fourth-order valence-electron chi connectivity index (χ4n) is 3.96. The van der Waals surface area contributed by atoms with Crippen molar-refractivity contribution in [1.82, 2.24) is 10.2 Å². The van der Waals surface area contributed by atoms with E-state index in [0.717, 1.165) is 4.31 Å². The van der Waals surface area contributed by atoms with E-state index in [1.807, 2.05) is 20.8 Å². The maximum absolute atomic E-state index is 14.0. The van der Waals surface area contributed by atoms with Gasteiger partial charge in [-0.15, -0.1) is 0 Å². The summed E-state index contributed by atoms with van der Waals surface area (Å²) in [7, 11) is -4.18. The smallest absolute Gasteiger partial charge is 0.264 e. The highest BCUT2D eigenvalue weighted by atomic mass is 35.5. The lowest BCUT2D eigenvalue weighted by Crippen LogP contribution is -2.54. The monoisotopic (exact) mass is 589 g/mol. The van der Waals surface area contributed by atoms with Crippen molar-refractivity contribution in [3.05, 3.63) is 94.0 Å². The van der Waals surface area contributed by atoms with Crippen molar-refractivity contribution >= 4 is 50.7 Å². The number of anilines is 1. The Bertz CT molecular complexity index is 1440. The predicted molar refractivity (Wildman–Crippen MR) is 157 cm³/mol. The van der Waals surface area contributed by atoms with E-state index < -0.39 is 34.1 Å². The van der Waals surface area contributed by atoms with Gasteiger partial charge in [0.15, 0.2) is 0 Å². The van der Waals surface area contributed by atoms with Gasteiger partial charge in [0.05, 0.1) is 10.6 Å². The highest BCUT2D eigenvalue weighted by Gasteiger charge is 2.34. The molecule has 2 amide bonds. The number of para-hydroxylation sites is 1. The summed E-state index contributed by atoms with van der Waals surface area (Å²) in [6, 6.07) is 18.8.